The number of carboxylic acid groups (broad SMARTS) is 1. The molecule has 1 aromatic rings. The molecule has 1 aromatic heterocycles. The molecular formula is C10H18N4O2. The van der Waals surface area contributed by atoms with Gasteiger partial charge in [-0.25, -0.2) is 4.98 Å². The van der Waals surface area contributed by atoms with Crippen LogP contribution in [0.4, 0.5) is 0 Å². The van der Waals surface area contributed by atoms with Crippen LogP contribution in [0.5, 0.6) is 0 Å². The van der Waals surface area contributed by atoms with Crippen LogP contribution >= 0.6 is 0 Å². The zero-order chi connectivity index (χ0) is 12.0. The zero-order valence-corrected chi connectivity index (χ0v) is 9.68. The third-order valence-electron chi connectivity index (χ3n) is 2.80. The molecule has 0 amide bonds. The van der Waals surface area contributed by atoms with Crippen molar-refractivity contribution in [2.75, 3.05) is 7.05 Å². The van der Waals surface area contributed by atoms with Gasteiger partial charge in [0.2, 0.25) is 0 Å². The van der Waals surface area contributed by atoms with Gasteiger partial charge in [0.1, 0.15) is 18.2 Å². The molecular weight excluding hydrogens is 208 g/mol. The maximum atomic E-state index is 11.0. The second-order valence-electron chi connectivity index (χ2n) is 4.00. The first kappa shape index (κ1) is 12.6. The van der Waals surface area contributed by atoms with E-state index in [1.165, 1.54) is 6.33 Å². The molecule has 16 heavy (non-hydrogen) atoms. The number of carboxylic acids is 1. The van der Waals surface area contributed by atoms with Crippen LogP contribution in [-0.4, -0.2) is 38.4 Å². The lowest BCUT2D eigenvalue weighted by Gasteiger charge is -2.23. The van der Waals surface area contributed by atoms with Crippen molar-refractivity contribution < 1.29 is 9.90 Å². The van der Waals surface area contributed by atoms with E-state index in [1.54, 1.807) is 25.0 Å². The molecule has 0 aliphatic heterocycles. The highest BCUT2D eigenvalue weighted by molar-refractivity contribution is 5.78. The molecule has 0 aliphatic rings. The number of nitrogens with zero attached hydrogens (tertiary/aromatic N) is 3. The predicted molar refractivity (Wildman–Crippen MR) is 59.0 cm³/mol. The number of aliphatic carboxylic acids is 1. The minimum Gasteiger partial charge on any atom is -0.480 e. The van der Waals surface area contributed by atoms with Crippen molar-refractivity contribution >= 4 is 5.97 Å². The van der Waals surface area contributed by atoms with E-state index < -0.39 is 11.5 Å². The van der Waals surface area contributed by atoms with Crippen LogP contribution in [0.3, 0.4) is 0 Å². The molecule has 0 saturated carbocycles. The highest BCUT2D eigenvalue weighted by Gasteiger charge is 2.29. The first-order valence-corrected chi connectivity index (χ1v) is 5.33. The van der Waals surface area contributed by atoms with Gasteiger partial charge < -0.3 is 10.4 Å². The fourth-order valence-corrected chi connectivity index (χ4v) is 1.44. The molecule has 0 radical (unpaired) electrons. The Labute approximate surface area is 94.7 Å². The lowest BCUT2D eigenvalue weighted by atomic mass is 9.95. The average molecular weight is 226 g/mol. The van der Waals surface area contributed by atoms with E-state index in [2.05, 4.69) is 15.4 Å². The summed E-state index contributed by atoms with van der Waals surface area (Å²) >= 11 is 0. The standard InChI is InChI=1S/C10H18N4O2/c1-10(11-2,9(15)16)5-3-4-6-14-8-12-7-13-14/h7-8,11H,3-6H2,1-2H3,(H,15,16). The van der Waals surface area contributed by atoms with E-state index in [9.17, 15) is 4.79 Å². The van der Waals surface area contributed by atoms with E-state index in [0.717, 1.165) is 19.4 Å². The van der Waals surface area contributed by atoms with Crippen LogP contribution in [0.25, 0.3) is 0 Å². The first-order valence-electron chi connectivity index (χ1n) is 5.33. The summed E-state index contributed by atoms with van der Waals surface area (Å²) in [7, 11) is 1.67. The number of hydrogen-bond acceptors (Lipinski definition) is 4. The lowest BCUT2D eigenvalue weighted by molar-refractivity contribution is -0.144. The van der Waals surface area contributed by atoms with E-state index >= 15 is 0 Å². The Morgan fingerprint density at radius 3 is 2.81 bits per heavy atom. The molecule has 0 saturated heterocycles. The smallest absolute Gasteiger partial charge is 0.323 e. The van der Waals surface area contributed by atoms with E-state index in [-0.39, 0.29) is 0 Å². The number of nitrogens with one attached hydrogen (secondary N) is 1. The molecule has 0 fully saturated rings. The molecule has 1 rings (SSSR count). The molecule has 1 atom stereocenters. The summed E-state index contributed by atoms with van der Waals surface area (Å²) in [6.45, 7) is 2.48. The summed E-state index contributed by atoms with van der Waals surface area (Å²) in [6, 6.07) is 0. The maximum Gasteiger partial charge on any atom is 0.323 e. The number of aromatic nitrogens is 3. The number of aryl methyl sites for hydroxylation is 1. The van der Waals surface area contributed by atoms with Crippen LogP contribution in [0.2, 0.25) is 0 Å². The Balaban J connectivity index is 2.26. The van der Waals surface area contributed by atoms with Crippen molar-refractivity contribution in [3.8, 4) is 0 Å². The van der Waals surface area contributed by atoms with Crippen LogP contribution in [0.15, 0.2) is 12.7 Å². The van der Waals surface area contributed by atoms with Gasteiger partial charge in [0.05, 0.1) is 0 Å². The highest BCUT2D eigenvalue weighted by atomic mass is 16.4. The highest BCUT2D eigenvalue weighted by Crippen LogP contribution is 2.13. The van der Waals surface area contributed by atoms with Crippen molar-refractivity contribution in [3.63, 3.8) is 0 Å². The van der Waals surface area contributed by atoms with Crippen LogP contribution < -0.4 is 5.32 Å². The summed E-state index contributed by atoms with van der Waals surface area (Å²) in [6.07, 6.45) is 5.49. The number of likely N-dealkylation sites (N-methyl/N-ethyl adjacent to an activating group) is 1. The van der Waals surface area contributed by atoms with Gasteiger partial charge in [-0.05, 0) is 33.2 Å². The molecule has 0 aromatic carbocycles. The number of carbonyl (C=O) groups is 1. The molecule has 6 heteroatoms. The van der Waals surface area contributed by atoms with Gasteiger partial charge in [-0.15, -0.1) is 0 Å². The molecule has 1 unspecified atom stereocenters. The molecule has 0 spiro atoms. The number of rotatable bonds is 7. The van der Waals surface area contributed by atoms with Crippen molar-refractivity contribution in [2.24, 2.45) is 0 Å². The average Bonchev–Trinajstić information content (AvgIpc) is 2.76. The monoisotopic (exact) mass is 226 g/mol. The van der Waals surface area contributed by atoms with E-state index in [4.69, 9.17) is 5.11 Å². The topological polar surface area (TPSA) is 80.0 Å². The fourth-order valence-electron chi connectivity index (χ4n) is 1.44. The van der Waals surface area contributed by atoms with Crippen molar-refractivity contribution in [1.82, 2.24) is 20.1 Å². The summed E-state index contributed by atoms with van der Waals surface area (Å²) in [4.78, 5) is 14.8. The molecule has 6 nitrogen and oxygen atoms in total. The predicted octanol–water partition coefficient (Wildman–Crippen LogP) is 0.511. The van der Waals surface area contributed by atoms with E-state index in [1.807, 2.05) is 0 Å². The van der Waals surface area contributed by atoms with Crippen LogP contribution in [0, 0.1) is 0 Å². The van der Waals surface area contributed by atoms with Gasteiger partial charge in [0.15, 0.2) is 0 Å². The first-order chi connectivity index (χ1) is 7.58. The number of unbranched alkanes of at least 4 members (excludes halogenated alkanes) is 1. The van der Waals surface area contributed by atoms with Crippen LogP contribution in [-0.2, 0) is 11.3 Å². The Morgan fingerprint density at radius 1 is 1.56 bits per heavy atom. The van der Waals surface area contributed by atoms with Gasteiger partial charge in [-0.3, -0.25) is 9.48 Å². The van der Waals surface area contributed by atoms with Gasteiger partial charge in [-0.2, -0.15) is 5.10 Å². The minimum absolute atomic E-state index is 0.605. The van der Waals surface area contributed by atoms with Crippen molar-refractivity contribution in [2.45, 2.75) is 38.3 Å². The molecule has 0 bridgehead atoms. The lowest BCUT2D eigenvalue weighted by Crippen LogP contribution is -2.47. The minimum atomic E-state index is -0.831. The van der Waals surface area contributed by atoms with Crippen molar-refractivity contribution in [3.05, 3.63) is 12.7 Å². The number of hydrogen-bond donors (Lipinski definition) is 2. The largest absolute Gasteiger partial charge is 0.480 e. The van der Waals surface area contributed by atoms with Gasteiger partial charge in [-0.1, -0.05) is 0 Å². The van der Waals surface area contributed by atoms with Crippen molar-refractivity contribution in [1.29, 1.82) is 0 Å². The Kier molecular flexibility index (Phi) is 4.42. The fraction of sp³-hybridized carbons (Fsp3) is 0.700. The Bertz CT molecular complexity index is 326. The normalized spacial score (nSPS) is 14.6. The quantitative estimate of drug-likeness (QED) is 0.662. The van der Waals surface area contributed by atoms with Gasteiger partial charge in [0.25, 0.3) is 0 Å². The summed E-state index contributed by atoms with van der Waals surface area (Å²) in [5, 5.41) is 15.8. The third kappa shape index (κ3) is 3.30. The van der Waals surface area contributed by atoms with E-state index in [0.29, 0.717) is 6.42 Å². The second-order valence-corrected chi connectivity index (χ2v) is 4.00. The van der Waals surface area contributed by atoms with Gasteiger partial charge >= 0.3 is 5.97 Å². The summed E-state index contributed by atoms with van der Waals surface area (Å²) < 4.78 is 1.75. The Morgan fingerprint density at radius 2 is 2.31 bits per heavy atom. The third-order valence-corrected chi connectivity index (χ3v) is 2.80. The maximum absolute atomic E-state index is 11.0. The molecule has 2 N–H and O–H groups in total. The van der Waals surface area contributed by atoms with Crippen LogP contribution in [0.1, 0.15) is 26.2 Å². The zero-order valence-electron chi connectivity index (χ0n) is 9.68. The molecule has 90 valence electrons. The Hall–Kier alpha value is -1.43. The van der Waals surface area contributed by atoms with Gasteiger partial charge in [0, 0.05) is 6.54 Å². The molecule has 0 aliphatic carbocycles. The SMILES string of the molecule is CNC(C)(CCCCn1cncn1)C(=O)O. The summed E-state index contributed by atoms with van der Waals surface area (Å²) in [5.74, 6) is -0.809. The molecule has 1 heterocycles. The summed E-state index contributed by atoms with van der Waals surface area (Å²) in [5.41, 5.74) is -0.831. The second kappa shape index (κ2) is 5.60.